The van der Waals surface area contributed by atoms with Crippen LogP contribution in [-0.4, -0.2) is 22.6 Å². The van der Waals surface area contributed by atoms with Gasteiger partial charge in [0.2, 0.25) is 0 Å². The predicted octanol–water partition coefficient (Wildman–Crippen LogP) is 4.95. The number of hydrogen-bond acceptors (Lipinski definition) is 0. The first kappa shape index (κ1) is 13.2. The Kier molecular flexibility index (Phi) is 3.42. The van der Waals surface area contributed by atoms with Crippen LogP contribution in [0.4, 0.5) is 0 Å². The first-order chi connectivity index (χ1) is 6.77. The van der Waals surface area contributed by atoms with E-state index in [1.807, 2.05) is 0 Å². The summed E-state index contributed by atoms with van der Waals surface area (Å²) in [5, 5.41) is 1.22. The standard InChI is InChI=1S/C14H28P/c1-8-10-15(11-12(3)9-2)13(4,5)14(15,6)7/h9H,8,10-11H2,1-7H3/q+1. The van der Waals surface area contributed by atoms with Crippen molar-refractivity contribution in [1.29, 1.82) is 0 Å². The van der Waals surface area contributed by atoms with E-state index in [2.05, 4.69) is 54.5 Å². The van der Waals surface area contributed by atoms with E-state index in [1.54, 1.807) is 5.57 Å². The van der Waals surface area contributed by atoms with E-state index in [0.29, 0.717) is 10.3 Å². The Labute approximate surface area is 96.9 Å². The van der Waals surface area contributed by atoms with Gasteiger partial charge in [0.15, 0.2) is 0 Å². The molecule has 0 unspecified atom stereocenters. The van der Waals surface area contributed by atoms with Crippen LogP contribution >= 0.6 is 7.26 Å². The Bertz CT molecular complexity index is 257. The highest BCUT2D eigenvalue weighted by molar-refractivity contribution is 7.86. The fourth-order valence-electron chi connectivity index (χ4n) is 3.31. The zero-order valence-corrected chi connectivity index (χ0v) is 12.5. The molecule has 0 radical (unpaired) electrons. The molecular formula is C14H28P+. The van der Waals surface area contributed by atoms with Crippen molar-refractivity contribution in [2.45, 2.75) is 65.2 Å². The molecule has 0 atom stereocenters. The molecule has 0 aliphatic carbocycles. The van der Waals surface area contributed by atoms with Crippen LogP contribution in [0.3, 0.4) is 0 Å². The summed E-state index contributed by atoms with van der Waals surface area (Å²) in [4.78, 5) is 0. The van der Waals surface area contributed by atoms with E-state index in [0.717, 1.165) is 0 Å². The van der Waals surface area contributed by atoms with Crippen molar-refractivity contribution >= 4 is 7.26 Å². The van der Waals surface area contributed by atoms with Gasteiger partial charge in [0.1, 0.15) is 10.3 Å². The lowest BCUT2D eigenvalue weighted by Gasteiger charge is -2.14. The van der Waals surface area contributed by atoms with Gasteiger partial charge in [-0.3, -0.25) is 0 Å². The maximum Gasteiger partial charge on any atom is 0.113 e. The van der Waals surface area contributed by atoms with Gasteiger partial charge in [-0.25, -0.2) is 0 Å². The third-order valence-corrected chi connectivity index (χ3v) is 12.6. The van der Waals surface area contributed by atoms with E-state index in [9.17, 15) is 0 Å². The average Bonchev–Trinajstić information content (AvgIpc) is 2.45. The average molecular weight is 227 g/mol. The number of allylic oxidation sites excluding steroid dienone is 2. The van der Waals surface area contributed by atoms with E-state index in [1.165, 1.54) is 18.7 Å². The van der Waals surface area contributed by atoms with Gasteiger partial charge in [-0.2, -0.15) is 0 Å². The van der Waals surface area contributed by atoms with Gasteiger partial charge in [-0.1, -0.05) is 13.0 Å². The van der Waals surface area contributed by atoms with E-state index in [-0.39, 0.29) is 0 Å². The lowest BCUT2D eigenvalue weighted by atomic mass is 10.0. The van der Waals surface area contributed by atoms with Gasteiger partial charge in [0.05, 0.1) is 12.3 Å². The van der Waals surface area contributed by atoms with Crippen molar-refractivity contribution < 1.29 is 0 Å². The molecule has 1 heteroatoms. The molecular weight excluding hydrogens is 199 g/mol. The summed E-state index contributed by atoms with van der Waals surface area (Å²) in [5.74, 6) is 0. The Balaban J connectivity index is 2.94. The number of hydrogen-bond donors (Lipinski definition) is 0. The first-order valence-electron chi connectivity index (χ1n) is 6.26. The molecule has 0 saturated carbocycles. The summed E-state index contributed by atoms with van der Waals surface area (Å²) in [6.45, 7) is 16.8. The minimum Gasteiger partial charge on any atom is -0.0851 e. The minimum absolute atomic E-state index is 0.611. The molecule has 0 amide bonds. The van der Waals surface area contributed by atoms with Crippen molar-refractivity contribution in [3.63, 3.8) is 0 Å². The predicted molar refractivity (Wildman–Crippen MR) is 74.5 cm³/mol. The zero-order chi connectivity index (χ0) is 11.9. The highest BCUT2D eigenvalue weighted by atomic mass is 31.2. The summed E-state index contributed by atoms with van der Waals surface area (Å²) in [6, 6.07) is 0. The lowest BCUT2D eigenvalue weighted by molar-refractivity contribution is 0.652. The second-order valence-electron chi connectivity index (χ2n) is 6.10. The molecule has 0 aromatic rings. The van der Waals surface area contributed by atoms with Crippen LogP contribution in [0.15, 0.2) is 11.6 Å². The molecule has 0 N–H and O–H groups in total. The fraction of sp³-hybridized carbons (Fsp3) is 0.857. The zero-order valence-electron chi connectivity index (χ0n) is 11.6. The molecule has 0 aromatic heterocycles. The molecule has 88 valence electrons. The number of rotatable bonds is 4. The molecule has 1 rings (SSSR count). The van der Waals surface area contributed by atoms with Crippen molar-refractivity contribution in [3.8, 4) is 0 Å². The molecule has 0 nitrogen and oxygen atoms in total. The van der Waals surface area contributed by atoms with Crippen LogP contribution in [0.2, 0.25) is 0 Å². The molecule has 1 aliphatic rings. The second-order valence-corrected chi connectivity index (χ2v) is 11.0. The van der Waals surface area contributed by atoms with Gasteiger partial charge in [-0.15, -0.1) is 0 Å². The minimum atomic E-state index is -0.739. The largest absolute Gasteiger partial charge is 0.113 e. The topological polar surface area (TPSA) is 0 Å². The summed E-state index contributed by atoms with van der Waals surface area (Å²) in [7, 11) is -0.739. The van der Waals surface area contributed by atoms with Crippen LogP contribution in [0.25, 0.3) is 0 Å². The summed E-state index contributed by atoms with van der Waals surface area (Å²) < 4.78 is 0. The maximum absolute atomic E-state index is 2.50. The molecule has 1 heterocycles. The van der Waals surface area contributed by atoms with Gasteiger partial charge in [0, 0.05) is 7.26 Å². The van der Waals surface area contributed by atoms with E-state index < -0.39 is 7.26 Å². The lowest BCUT2D eigenvalue weighted by Crippen LogP contribution is -2.10. The van der Waals surface area contributed by atoms with Gasteiger partial charge < -0.3 is 0 Å². The second kappa shape index (κ2) is 3.88. The summed E-state index contributed by atoms with van der Waals surface area (Å²) in [5.41, 5.74) is 1.61. The third kappa shape index (κ3) is 1.60. The van der Waals surface area contributed by atoms with Crippen LogP contribution < -0.4 is 0 Å². The van der Waals surface area contributed by atoms with Crippen LogP contribution in [0.1, 0.15) is 54.9 Å². The Hall–Kier alpha value is 0.170. The monoisotopic (exact) mass is 227 g/mol. The fourth-order valence-corrected chi connectivity index (χ4v) is 10.3. The molecule has 0 spiro atoms. The molecule has 1 fully saturated rings. The Morgan fingerprint density at radius 3 is 1.87 bits per heavy atom. The van der Waals surface area contributed by atoms with Gasteiger partial charge in [-0.05, 0) is 53.5 Å². The van der Waals surface area contributed by atoms with Crippen molar-refractivity contribution in [2.24, 2.45) is 0 Å². The molecule has 15 heavy (non-hydrogen) atoms. The van der Waals surface area contributed by atoms with Crippen LogP contribution in [-0.2, 0) is 0 Å². The highest BCUT2D eigenvalue weighted by Crippen LogP contribution is 2.97. The maximum atomic E-state index is 2.50. The molecule has 0 bridgehead atoms. The smallest absolute Gasteiger partial charge is 0.0851 e. The van der Waals surface area contributed by atoms with Crippen molar-refractivity contribution in [3.05, 3.63) is 11.6 Å². The normalized spacial score (nSPS) is 26.5. The van der Waals surface area contributed by atoms with Crippen molar-refractivity contribution in [1.82, 2.24) is 0 Å². The van der Waals surface area contributed by atoms with E-state index >= 15 is 0 Å². The summed E-state index contributed by atoms with van der Waals surface area (Å²) >= 11 is 0. The molecule has 1 aliphatic heterocycles. The quantitative estimate of drug-likeness (QED) is 0.471. The SMILES string of the molecule is CC=C(C)C[P+]1(CCC)C(C)(C)C1(C)C. The van der Waals surface area contributed by atoms with Crippen molar-refractivity contribution in [2.75, 3.05) is 12.3 Å². The third-order valence-electron chi connectivity index (χ3n) is 5.20. The summed E-state index contributed by atoms with van der Waals surface area (Å²) in [6.07, 6.45) is 6.55. The Morgan fingerprint density at radius 2 is 1.60 bits per heavy atom. The van der Waals surface area contributed by atoms with Crippen LogP contribution in [0, 0.1) is 0 Å². The van der Waals surface area contributed by atoms with Gasteiger partial charge in [0.25, 0.3) is 0 Å². The van der Waals surface area contributed by atoms with Crippen LogP contribution in [0.5, 0.6) is 0 Å². The highest BCUT2D eigenvalue weighted by Gasteiger charge is 2.84. The Morgan fingerprint density at radius 1 is 1.13 bits per heavy atom. The first-order valence-corrected chi connectivity index (χ1v) is 8.42. The van der Waals surface area contributed by atoms with E-state index in [4.69, 9.17) is 0 Å². The molecule has 1 saturated heterocycles. The molecule has 0 aromatic carbocycles. The van der Waals surface area contributed by atoms with Gasteiger partial charge >= 0.3 is 0 Å².